The third-order valence-corrected chi connectivity index (χ3v) is 4.63. The zero-order chi connectivity index (χ0) is 15.3. The van der Waals surface area contributed by atoms with Crippen LogP contribution in [0.4, 0.5) is 10.1 Å². The number of nitrogens with zero attached hydrogens (tertiary/aromatic N) is 1. The molecule has 0 spiro atoms. The van der Waals surface area contributed by atoms with Crippen LogP contribution < -0.4 is 11.5 Å². The van der Waals surface area contributed by atoms with Gasteiger partial charge in [0.25, 0.3) is 0 Å². The van der Waals surface area contributed by atoms with Gasteiger partial charge in [-0.15, -0.1) is 0 Å². The van der Waals surface area contributed by atoms with E-state index in [2.05, 4.69) is 0 Å². The van der Waals surface area contributed by atoms with Crippen molar-refractivity contribution in [3.8, 4) is 0 Å². The predicted octanol–water partition coefficient (Wildman–Crippen LogP) is 0.684. The Bertz CT molecular complexity index is 590. The lowest BCUT2D eigenvalue weighted by atomic mass is 10.3. The van der Waals surface area contributed by atoms with Gasteiger partial charge in [-0.2, -0.15) is 4.31 Å². The fraction of sp³-hybridized carbons (Fsp3) is 0.417. The number of carbonyl (C=O) groups is 1. The molecule has 0 aliphatic heterocycles. The highest BCUT2D eigenvalue weighted by molar-refractivity contribution is 7.89. The van der Waals surface area contributed by atoms with Crippen LogP contribution >= 0.6 is 0 Å². The summed E-state index contributed by atoms with van der Waals surface area (Å²) >= 11 is 0. The standard InChI is InChI=1S/C12H18FN3O3S/c1-2-3-7-16(8-11(14)17)20(18,19)10-6-4-5-9(13)12(10)15/h4-6H,2-3,7-8,15H2,1H3,(H2,14,17). The van der Waals surface area contributed by atoms with Gasteiger partial charge in [0, 0.05) is 6.54 Å². The van der Waals surface area contributed by atoms with E-state index in [0.717, 1.165) is 16.8 Å². The molecule has 0 aromatic heterocycles. The van der Waals surface area contributed by atoms with Crippen molar-refractivity contribution in [2.45, 2.75) is 24.7 Å². The van der Waals surface area contributed by atoms with E-state index in [9.17, 15) is 17.6 Å². The summed E-state index contributed by atoms with van der Waals surface area (Å²) in [6.45, 7) is 1.54. The van der Waals surface area contributed by atoms with E-state index in [1.54, 1.807) is 0 Å². The van der Waals surface area contributed by atoms with Gasteiger partial charge in [0.05, 0.1) is 12.2 Å². The highest BCUT2D eigenvalue weighted by atomic mass is 32.2. The summed E-state index contributed by atoms with van der Waals surface area (Å²) in [5, 5.41) is 0. The molecule has 0 bridgehead atoms. The molecule has 0 fully saturated rings. The van der Waals surface area contributed by atoms with Gasteiger partial charge in [0.15, 0.2) is 0 Å². The van der Waals surface area contributed by atoms with Gasteiger partial charge in [-0.25, -0.2) is 12.8 Å². The lowest BCUT2D eigenvalue weighted by Crippen LogP contribution is -2.39. The first-order valence-electron chi connectivity index (χ1n) is 6.13. The third-order valence-electron chi connectivity index (χ3n) is 2.72. The Labute approximate surface area is 117 Å². The number of hydrogen-bond donors (Lipinski definition) is 2. The topological polar surface area (TPSA) is 106 Å². The fourth-order valence-corrected chi connectivity index (χ4v) is 3.24. The molecular formula is C12H18FN3O3S. The summed E-state index contributed by atoms with van der Waals surface area (Å²) in [5.41, 5.74) is 10.1. The molecular weight excluding hydrogens is 285 g/mol. The molecule has 0 aliphatic carbocycles. The Morgan fingerprint density at radius 1 is 1.40 bits per heavy atom. The Morgan fingerprint density at radius 3 is 2.60 bits per heavy atom. The van der Waals surface area contributed by atoms with Crippen LogP contribution in [0.2, 0.25) is 0 Å². The maximum absolute atomic E-state index is 13.4. The number of rotatable bonds is 7. The van der Waals surface area contributed by atoms with E-state index in [0.29, 0.717) is 6.42 Å². The molecule has 0 aliphatic rings. The molecule has 6 nitrogen and oxygen atoms in total. The quantitative estimate of drug-likeness (QED) is 0.722. The molecule has 112 valence electrons. The van der Waals surface area contributed by atoms with Crippen LogP contribution in [-0.2, 0) is 14.8 Å². The number of halogens is 1. The fourth-order valence-electron chi connectivity index (χ4n) is 1.67. The number of primary amides is 1. The van der Waals surface area contributed by atoms with Gasteiger partial charge >= 0.3 is 0 Å². The second-order valence-corrected chi connectivity index (χ2v) is 6.22. The van der Waals surface area contributed by atoms with Gasteiger partial charge < -0.3 is 11.5 Å². The Hall–Kier alpha value is -1.67. The molecule has 0 saturated carbocycles. The highest BCUT2D eigenvalue weighted by Crippen LogP contribution is 2.24. The number of hydrogen-bond acceptors (Lipinski definition) is 4. The minimum absolute atomic E-state index is 0.123. The molecule has 0 saturated heterocycles. The van der Waals surface area contributed by atoms with Crippen LogP contribution in [0.1, 0.15) is 19.8 Å². The Balaban J connectivity index is 3.21. The smallest absolute Gasteiger partial charge is 0.245 e. The van der Waals surface area contributed by atoms with E-state index in [1.165, 1.54) is 12.1 Å². The van der Waals surface area contributed by atoms with Gasteiger partial charge in [0.2, 0.25) is 15.9 Å². The summed E-state index contributed by atoms with van der Waals surface area (Å²) in [7, 11) is -4.05. The van der Waals surface area contributed by atoms with Crippen molar-refractivity contribution in [2.24, 2.45) is 5.73 Å². The zero-order valence-corrected chi connectivity index (χ0v) is 12.0. The summed E-state index contributed by atoms with van der Waals surface area (Å²) in [5.74, 6) is -1.60. The Morgan fingerprint density at radius 2 is 2.05 bits per heavy atom. The number of nitrogens with two attached hydrogens (primary N) is 2. The highest BCUT2D eigenvalue weighted by Gasteiger charge is 2.28. The van der Waals surface area contributed by atoms with Crippen LogP contribution in [0, 0.1) is 5.82 Å². The summed E-state index contributed by atoms with van der Waals surface area (Å²) in [4.78, 5) is 10.7. The number of para-hydroxylation sites is 1. The maximum Gasteiger partial charge on any atom is 0.245 e. The van der Waals surface area contributed by atoms with E-state index in [1.807, 2.05) is 6.92 Å². The predicted molar refractivity (Wildman–Crippen MR) is 73.7 cm³/mol. The van der Waals surface area contributed by atoms with E-state index < -0.39 is 34.0 Å². The SMILES string of the molecule is CCCCN(CC(N)=O)S(=O)(=O)c1cccc(F)c1N. The molecule has 0 unspecified atom stereocenters. The normalized spacial score (nSPS) is 11.8. The van der Waals surface area contributed by atoms with E-state index >= 15 is 0 Å². The first-order chi connectivity index (χ1) is 9.30. The number of amides is 1. The summed E-state index contributed by atoms with van der Waals surface area (Å²) < 4.78 is 39.1. The molecule has 8 heteroatoms. The molecule has 0 radical (unpaired) electrons. The first kappa shape index (κ1) is 16.4. The summed E-state index contributed by atoms with van der Waals surface area (Å²) in [6.07, 6.45) is 1.30. The van der Waals surface area contributed by atoms with Crippen LogP contribution in [0.5, 0.6) is 0 Å². The zero-order valence-electron chi connectivity index (χ0n) is 11.2. The molecule has 0 atom stereocenters. The number of carbonyl (C=O) groups excluding carboxylic acids is 1. The molecule has 20 heavy (non-hydrogen) atoms. The number of benzene rings is 1. The number of anilines is 1. The van der Waals surface area contributed by atoms with Gasteiger partial charge in [0.1, 0.15) is 10.7 Å². The van der Waals surface area contributed by atoms with Gasteiger partial charge in [-0.3, -0.25) is 4.79 Å². The molecule has 1 aromatic carbocycles. The molecule has 1 amide bonds. The molecule has 0 heterocycles. The van der Waals surface area contributed by atoms with Crippen molar-refractivity contribution in [3.05, 3.63) is 24.0 Å². The van der Waals surface area contributed by atoms with E-state index in [4.69, 9.17) is 11.5 Å². The minimum atomic E-state index is -4.05. The lowest BCUT2D eigenvalue weighted by molar-refractivity contribution is -0.118. The van der Waals surface area contributed by atoms with Crippen molar-refractivity contribution in [3.63, 3.8) is 0 Å². The largest absolute Gasteiger partial charge is 0.395 e. The minimum Gasteiger partial charge on any atom is -0.395 e. The molecule has 1 rings (SSSR count). The second-order valence-electron chi connectivity index (χ2n) is 4.31. The monoisotopic (exact) mass is 303 g/mol. The second kappa shape index (κ2) is 6.67. The van der Waals surface area contributed by atoms with Crippen LogP contribution in [0.25, 0.3) is 0 Å². The Kier molecular flexibility index (Phi) is 5.46. The number of sulfonamides is 1. The van der Waals surface area contributed by atoms with Crippen molar-refractivity contribution in [1.29, 1.82) is 0 Å². The lowest BCUT2D eigenvalue weighted by Gasteiger charge is -2.21. The van der Waals surface area contributed by atoms with Crippen LogP contribution in [-0.4, -0.2) is 31.7 Å². The first-order valence-corrected chi connectivity index (χ1v) is 7.57. The van der Waals surface area contributed by atoms with Gasteiger partial charge in [-0.05, 0) is 18.6 Å². The van der Waals surface area contributed by atoms with Crippen molar-refractivity contribution in [2.75, 3.05) is 18.8 Å². The number of unbranched alkanes of at least 4 members (excludes halogenated alkanes) is 1. The van der Waals surface area contributed by atoms with Gasteiger partial charge in [-0.1, -0.05) is 19.4 Å². The van der Waals surface area contributed by atoms with E-state index in [-0.39, 0.29) is 11.4 Å². The average Bonchev–Trinajstić information content (AvgIpc) is 2.37. The summed E-state index contributed by atoms with van der Waals surface area (Å²) in [6, 6.07) is 3.52. The molecule has 4 N–H and O–H groups in total. The third kappa shape index (κ3) is 3.67. The van der Waals surface area contributed by atoms with Crippen molar-refractivity contribution < 1.29 is 17.6 Å². The number of nitrogen functional groups attached to an aromatic ring is 1. The van der Waals surface area contributed by atoms with Crippen LogP contribution in [0.15, 0.2) is 23.1 Å². The molecule has 1 aromatic rings. The average molecular weight is 303 g/mol. The van der Waals surface area contributed by atoms with Crippen molar-refractivity contribution >= 4 is 21.6 Å². The van der Waals surface area contributed by atoms with Crippen LogP contribution in [0.3, 0.4) is 0 Å². The van der Waals surface area contributed by atoms with Crippen molar-refractivity contribution in [1.82, 2.24) is 4.31 Å². The maximum atomic E-state index is 13.4.